The minimum atomic E-state index is -0.776. The predicted octanol–water partition coefficient (Wildman–Crippen LogP) is 2.96. The predicted molar refractivity (Wildman–Crippen MR) is 67.5 cm³/mol. The Bertz CT molecular complexity index is 583. The lowest BCUT2D eigenvalue weighted by molar-refractivity contribution is -0.137. The van der Waals surface area contributed by atoms with Crippen LogP contribution in [0.5, 0.6) is 0 Å². The van der Waals surface area contributed by atoms with Crippen LogP contribution < -0.4 is 0 Å². The van der Waals surface area contributed by atoms with Gasteiger partial charge in [-0.15, -0.1) is 11.3 Å². The molecule has 17 heavy (non-hydrogen) atoms. The summed E-state index contributed by atoms with van der Waals surface area (Å²) in [6.45, 7) is 3.75. The van der Waals surface area contributed by atoms with Gasteiger partial charge < -0.3 is 4.74 Å². The molecule has 2 aromatic rings. The molecule has 1 aromatic heterocycles. The molecule has 0 atom stereocenters. The first kappa shape index (κ1) is 11.8. The molecule has 0 N–H and O–H groups in total. The van der Waals surface area contributed by atoms with Crippen molar-refractivity contribution in [1.82, 2.24) is 0 Å². The highest BCUT2D eigenvalue weighted by Crippen LogP contribution is 2.30. The second-order valence-electron chi connectivity index (χ2n) is 3.60. The molecule has 1 heterocycles. The number of ketones is 1. The SMILES string of the molecule is CCOC(=O)C(=O)c1sc2ccccc2c1C. The second kappa shape index (κ2) is 4.67. The molecule has 0 unspecified atom stereocenters. The van der Waals surface area contributed by atoms with E-state index >= 15 is 0 Å². The van der Waals surface area contributed by atoms with E-state index in [1.807, 2.05) is 31.2 Å². The summed E-state index contributed by atoms with van der Waals surface area (Å²) < 4.78 is 5.74. The van der Waals surface area contributed by atoms with Gasteiger partial charge in [0.1, 0.15) is 0 Å². The molecule has 0 saturated heterocycles. The van der Waals surface area contributed by atoms with Gasteiger partial charge in [0.15, 0.2) is 0 Å². The summed E-state index contributed by atoms with van der Waals surface area (Å²) in [5, 5.41) is 1.02. The van der Waals surface area contributed by atoms with Crippen molar-refractivity contribution in [1.29, 1.82) is 0 Å². The van der Waals surface area contributed by atoms with Crippen LogP contribution in [0, 0.1) is 6.92 Å². The lowest BCUT2D eigenvalue weighted by atomic mass is 10.1. The van der Waals surface area contributed by atoms with Crippen LogP contribution in [0.25, 0.3) is 10.1 Å². The smallest absolute Gasteiger partial charge is 0.380 e. The van der Waals surface area contributed by atoms with Crippen molar-refractivity contribution in [2.45, 2.75) is 13.8 Å². The van der Waals surface area contributed by atoms with E-state index in [-0.39, 0.29) is 6.61 Å². The van der Waals surface area contributed by atoms with Crippen LogP contribution in [-0.4, -0.2) is 18.4 Å². The largest absolute Gasteiger partial charge is 0.460 e. The van der Waals surface area contributed by atoms with Crippen molar-refractivity contribution < 1.29 is 14.3 Å². The molecule has 0 aliphatic rings. The maximum absolute atomic E-state index is 11.9. The van der Waals surface area contributed by atoms with Crippen LogP contribution in [0.4, 0.5) is 0 Å². The zero-order valence-electron chi connectivity index (χ0n) is 9.65. The Kier molecular flexibility index (Phi) is 3.24. The van der Waals surface area contributed by atoms with Crippen molar-refractivity contribution >= 4 is 33.2 Å². The number of hydrogen-bond donors (Lipinski definition) is 0. The number of thiophene rings is 1. The van der Waals surface area contributed by atoms with Gasteiger partial charge in [-0.1, -0.05) is 18.2 Å². The van der Waals surface area contributed by atoms with Crippen LogP contribution >= 0.6 is 11.3 Å². The van der Waals surface area contributed by atoms with Crippen LogP contribution in [0.2, 0.25) is 0 Å². The molecular weight excluding hydrogens is 236 g/mol. The summed E-state index contributed by atoms with van der Waals surface area (Å²) in [6, 6.07) is 7.72. The first-order valence-corrected chi connectivity index (χ1v) is 6.16. The average molecular weight is 248 g/mol. The molecule has 0 aliphatic carbocycles. The van der Waals surface area contributed by atoms with Crippen LogP contribution in [0.15, 0.2) is 24.3 Å². The summed E-state index contributed by atoms with van der Waals surface area (Å²) in [5.74, 6) is -1.33. The number of ether oxygens (including phenoxy) is 1. The number of hydrogen-bond acceptors (Lipinski definition) is 4. The van der Waals surface area contributed by atoms with Crippen molar-refractivity contribution in [2.24, 2.45) is 0 Å². The summed E-state index contributed by atoms with van der Waals surface area (Å²) >= 11 is 1.34. The number of rotatable bonds is 3. The molecule has 4 heteroatoms. The van der Waals surface area contributed by atoms with Gasteiger partial charge in [0, 0.05) is 4.70 Å². The molecule has 3 nitrogen and oxygen atoms in total. The Morgan fingerprint density at radius 2 is 2.00 bits per heavy atom. The van der Waals surface area contributed by atoms with E-state index in [1.165, 1.54) is 11.3 Å². The average Bonchev–Trinajstić information content (AvgIpc) is 2.67. The van der Waals surface area contributed by atoms with E-state index in [1.54, 1.807) is 6.92 Å². The van der Waals surface area contributed by atoms with Crippen LogP contribution in [0.3, 0.4) is 0 Å². The third-order valence-corrected chi connectivity index (χ3v) is 3.78. The van der Waals surface area contributed by atoms with Crippen molar-refractivity contribution in [2.75, 3.05) is 6.61 Å². The topological polar surface area (TPSA) is 43.4 Å². The molecular formula is C13H12O3S. The van der Waals surface area contributed by atoms with Gasteiger partial charge in [-0.3, -0.25) is 4.79 Å². The maximum Gasteiger partial charge on any atom is 0.380 e. The van der Waals surface area contributed by atoms with Gasteiger partial charge in [0.25, 0.3) is 5.78 Å². The fraction of sp³-hybridized carbons (Fsp3) is 0.231. The number of esters is 1. The standard InChI is InChI=1S/C13H12O3S/c1-3-16-13(15)11(14)12-8(2)9-6-4-5-7-10(9)17-12/h4-7H,3H2,1-2H3. The quantitative estimate of drug-likeness (QED) is 0.476. The van der Waals surface area contributed by atoms with Crippen LogP contribution in [-0.2, 0) is 9.53 Å². The van der Waals surface area contributed by atoms with E-state index in [0.29, 0.717) is 4.88 Å². The second-order valence-corrected chi connectivity index (χ2v) is 4.65. The molecule has 2 rings (SSSR count). The van der Waals surface area contributed by atoms with Crippen molar-refractivity contribution in [3.63, 3.8) is 0 Å². The fourth-order valence-electron chi connectivity index (χ4n) is 1.68. The van der Waals surface area contributed by atoms with Gasteiger partial charge in [-0.2, -0.15) is 0 Å². The van der Waals surface area contributed by atoms with E-state index in [2.05, 4.69) is 0 Å². The minimum Gasteiger partial charge on any atom is -0.460 e. The molecule has 0 aliphatic heterocycles. The highest BCUT2D eigenvalue weighted by atomic mass is 32.1. The summed E-state index contributed by atoms with van der Waals surface area (Å²) in [4.78, 5) is 23.7. The molecule has 0 amide bonds. The van der Waals surface area contributed by atoms with Crippen molar-refractivity contribution in [3.05, 3.63) is 34.7 Å². The first-order chi connectivity index (χ1) is 8.15. The number of fused-ring (bicyclic) bond motifs is 1. The Balaban J connectivity index is 2.46. The fourth-order valence-corrected chi connectivity index (χ4v) is 2.82. The van der Waals surface area contributed by atoms with E-state index < -0.39 is 11.8 Å². The summed E-state index contributed by atoms with van der Waals surface area (Å²) in [5.41, 5.74) is 0.851. The molecule has 0 fully saturated rings. The monoisotopic (exact) mass is 248 g/mol. The van der Waals surface area contributed by atoms with Crippen molar-refractivity contribution in [3.8, 4) is 0 Å². The Morgan fingerprint density at radius 1 is 1.29 bits per heavy atom. The third-order valence-electron chi connectivity index (χ3n) is 2.51. The van der Waals surface area contributed by atoms with Gasteiger partial charge in [-0.05, 0) is 30.9 Å². The third kappa shape index (κ3) is 2.08. The Labute approximate surface area is 103 Å². The lowest BCUT2D eigenvalue weighted by Crippen LogP contribution is -2.17. The van der Waals surface area contributed by atoms with E-state index in [4.69, 9.17) is 4.74 Å². The Morgan fingerprint density at radius 3 is 2.65 bits per heavy atom. The van der Waals surface area contributed by atoms with E-state index in [0.717, 1.165) is 15.6 Å². The van der Waals surface area contributed by atoms with Crippen LogP contribution in [0.1, 0.15) is 22.2 Å². The molecule has 0 saturated carbocycles. The zero-order chi connectivity index (χ0) is 12.4. The molecule has 0 spiro atoms. The molecule has 1 aromatic carbocycles. The summed E-state index contributed by atoms with van der Waals surface area (Å²) in [7, 11) is 0. The number of carbonyl (C=O) groups is 2. The zero-order valence-corrected chi connectivity index (χ0v) is 10.5. The van der Waals surface area contributed by atoms with Gasteiger partial charge in [-0.25, -0.2) is 4.79 Å². The molecule has 88 valence electrons. The Hall–Kier alpha value is -1.68. The number of carbonyl (C=O) groups excluding carboxylic acids is 2. The number of Topliss-reactive ketones (excluding diaryl/α,β-unsaturated/α-hetero) is 1. The first-order valence-electron chi connectivity index (χ1n) is 5.34. The summed E-state index contributed by atoms with van der Waals surface area (Å²) in [6.07, 6.45) is 0. The van der Waals surface area contributed by atoms with Gasteiger partial charge in [0.2, 0.25) is 0 Å². The normalized spacial score (nSPS) is 10.5. The molecule has 0 radical (unpaired) electrons. The number of aryl methyl sites for hydroxylation is 1. The number of benzene rings is 1. The van der Waals surface area contributed by atoms with Gasteiger partial charge in [0.05, 0.1) is 11.5 Å². The highest BCUT2D eigenvalue weighted by molar-refractivity contribution is 7.21. The van der Waals surface area contributed by atoms with E-state index in [9.17, 15) is 9.59 Å². The van der Waals surface area contributed by atoms with Gasteiger partial charge >= 0.3 is 5.97 Å². The molecule has 0 bridgehead atoms. The minimum absolute atomic E-state index is 0.217. The maximum atomic E-state index is 11.9. The lowest BCUT2D eigenvalue weighted by Gasteiger charge is -1.99. The highest BCUT2D eigenvalue weighted by Gasteiger charge is 2.22.